The summed E-state index contributed by atoms with van der Waals surface area (Å²) in [6.45, 7) is 0.510. The molecule has 1 aliphatic rings. The first kappa shape index (κ1) is 13.3. The summed E-state index contributed by atoms with van der Waals surface area (Å²) < 4.78 is 5.19. The van der Waals surface area contributed by atoms with E-state index in [1.807, 2.05) is 36.4 Å². The van der Waals surface area contributed by atoms with Crippen LogP contribution in [0, 0.1) is 0 Å². The highest BCUT2D eigenvalue weighted by Crippen LogP contribution is 2.20. The van der Waals surface area contributed by atoms with Crippen molar-refractivity contribution in [3.8, 4) is 0 Å². The summed E-state index contributed by atoms with van der Waals surface area (Å²) in [5.41, 5.74) is 8.51. The van der Waals surface area contributed by atoms with Crippen LogP contribution in [0.2, 0.25) is 0 Å². The number of anilines is 2. The molecule has 0 amide bonds. The van der Waals surface area contributed by atoms with Crippen LogP contribution < -0.4 is 21.9 Å². The van der Waals surface area contributed by atoms with Gasteiger partial charge in [0.25, 0.3) is 0 Å². The van der Waals surface area contributed by atoms with Gasteiger partial charge in [0.15, 0.2) is 0 Å². The zero-order valence-corrected chi connectivity index (χ0v) is 11.1. The molecule has 102 valence electrons. The third kappa shape index (κ3) is 3.42. The molecule has 0 heterocycles. The molecule has 1 aromatic rings. The van der Waals surface area contributed by atoms with E-state index >= 15 is 0 Å². The number of hydrazine groups is 1. The van der Waals surface area contributed by atoms with Crippen LogP contribution in [0.3, 0.4) is 0 Å². The number of para-hydroxylation sites is 2. The Morgan fingerprint density at radius 1 is 1.26 bits per heavy atom. The maximum Gasteiger partial charge on any atom is 0.102 e. The van der Waals surface area contributed by atoms with E-state index in [0.717, 1.165) is 30.0 Å². The number of ether oxygens (including phenoxy) is 1. The van der Waals surface area contributed by atoms with Crippen LogP contribution in [-0.4, -0.2) is 13.8 Å². The summed E-state index contributed by atoms with van der Waals surface area (Å²) in [7, 11) is 1.69. The second-order valence-corrected chi connectivity index (χ2v) is 4.39. The van der Waals surface area contributed by atoms with Crippen LogP contribution in [0.1, 0.15) is 12.8 Å². The normalized spacial score (nSPS) is 14.4. The van der Waals surface area contributed by atoms with Crippen LogP contribution in [0.25, 0.3) is 0 Å². The minimum atomic E-state index is 0.510. The number of nitrogens with zero attached hydrogens (tertiary/aromatic N) is 1. The third-order valence-corrected chi connectivity index (χ3v) is 3.10. The zero-order chi connectivity index (χ0) is 13.7. The minimum Gasteiger partial charge on any atom is -0.501 e. The molecule has 0 bridgehead atoms. The molecular formula is C14H20N4O. The Balaban J connectivity index is 1.91. The molecule has 0 saturated carbocycles. The predicted octanol–water partition coefficient (Wildman–Crippen LogP) is 1.70. The standard InChI is InChI=1S/C14H20N4O/c1-19-12-8-6-11(7-9-12)17-10-18(16)14-5-3-2-4-13(14)15/h2-6,8,17H,7,9-10,15-16H2,1H3. The number of rotatable bonds is 5. The summed E-state index contributed by atoms with van der Waals surface area (Å²) >= 11 is 0. The number of nitrogen functional groups attached to an aromatic ring is 1. The third-order valence-electron chi connectivity index (χ3n) is 3.10. The number of hydrogen-bond acceptors (Lipinski definition) is 5. The van der Waals surface area contributed by atoms with E-state index in [-0.39, 0.29) is 0 Å². The van der Waals surface area contributed by atoms with Gasteiger partial charge in [-0.2, -0.15) is 0 Å². The van der Waals surface area contributed by atoms with Gasteiger partial charge in [0, 0.05) is 12.1 Å². The molecule has 5 N–H and O–H groups in total. The lowest BCUT2D eigenvalue weighted by molar-refractivity contribution is 0.275. The second kappa shape index (κ2) is 6.15. The van der Waals surface area contributed by atoms with Crippen LogP contribution in [0.15, 0.2) is 47.9 Å². The van der Waals surface area contributed by atoms with E-state index in [4.69, 9.17) is 16.3 Å². The lowest BCUT2D eigenvalue weighted by Crippen LogP contribution is -2.39. The molecule has 1 aromatic carbocycles. The monoisotopic (exact) mass is 260 g/mol. The van der Waals surface area contributed by atoms with Crippen molar-refractivity contribution in [1.82, 2.24) is 5.32 Å². The van der Waals surface area contributed by atoms with Gasteiger partial charge >= 0.3 is 0 Å². The van der Waals surface area contributed by atoms with Crippen molar-refractivity contribution in [3.05, 3.63) is 47.9 Å². The number of benzene rings is 1. The maximum absolute atomic E-state index is 5.99. The summed E-state index contributed by atoms with van der Waals surface area (Å²) in [5, 5.41) is 4.90. The topological polar surface area (TPSA) is 76.5 Å². The van der Waals surface area contributed by atoms with Crippen molar-refractivity contribution >= 4 is 11.4 Å². The van der Waals surface area contributed by atoms with Gasteiger partial charge in [-0.15, -0.1) is 0 Å². The van der Waals surface area contributed by atoms with Gasteiger partial charge in [-0.05, 0) is 30.7 Å². The molecule has 5 heteroatoms. The molecule has 1 aliphatic carbocycles. The van der Waals surface area contributed by atoms with E-state index in [1.54, 1.807) is 12.1 Å². The summed E-state index contributed by atoms with van der Waals surface area (Å²) in [5.74, 6) is 6.99. The average molecular weight is 260 g/mol. The van der Waals surface area contributed by atoms with E-state index in [9.17, 15) is 0 Å². The Kier molecular flexibility index (Phi) is 4.30. The lowest BCUT2D eigenvalue weighted by atomic mass is 10.1. The van der Waals surface area contributed by atoms with Crippen molar-refractivity contribution < 1.29 is 4.74 Å². The van der Waals surface area contributed by atoms with Crippen molar-refractivity contribution in [2.24, 2.45) is 5.84 Å². The Labute approximate surface area is 113 Å². The fourth-order valence-electron chi connectivity index (χ4n) is 1.96. The molecule has 0 fully saturated rings. The van der Waals surface area contributed by atoms with Gasteiger partial charge in [0.05, 0.1) is 24.2 Å². The highest BCUT2D eigenvalue weighted by Gasteiger charge is 2.08. The van der Waals surface area contributed by atoms with Gasteiger partial charge < -0.3 is 15.8 Å². The molecule has 2 rings (SSSR count). The second-order valence-electron chi connectivity index (χ2n) is 4.39. The SMILES string of the molecule is COC1=CC=C(NCN(N)c2ccccc2N)CC1. The molecular weight excluding hydrogens is 240 g/mol. The van der Waals surface area contributed by atoms with Gasteiger partial charge in [-0.25, -0.2) is 5.84 Å². The van der Waals surface area contributed by atoms with Crippen molar-refractivity contribution in [3.63, 3.8) is 0 Å². The van der Waals surface area contributed by atoms with E-state index in [0.29, 0.717) is 12.4 Å². The Morgan fingerprint density at radius 3 is 2.68 bits per heavy atom. The molecule has 19 heavy (non-hydrogen) atoms. The minimum absolute atomic E-state index is 0.510. The van der Waals surface area contributed by atoms with E-state index in [2.05, 4.69) is 5.32 Å². The van der Waals surface area contributed by atoms with Crippen LogP contribution in [-0.2, 0) is 4.74 Å². The molecule has 0 aromatic heterocycles. The Morgan fingerprint density at radius 2 is 2.05 bits per heavy atom. The van der Waals surface area contributed by atoms with Gasteiger partial charge in [-0.1, -0.05) is 12.1 Å². The van der Waals surface area contributed by atoms with E-state index in [1.165, 1.54) is 0 Å². The average Bonchev–Trinajstić information content (AvgIpc) is 2.46. The van der Waals surface area contributed by atoms with Gasteiger partial charge in [0.2, 0.25) is 0 Å². The van der Waals surface area contributed by atoms with Crippen molar-refractivity contribution in [2.45, 2.75) is 12.8 Å². The quantitative estimate of drug-likeness (QED) is 0.325. The summed E-state index contributed by atoms with van der Waals surface area (Å²) in [6.07, 6.45) is 5.83. The molecule has 0 unspecified atom stereocenters. The number of hydrogen-bond donors (Lipinski definition) is 3. The van der Waals surface area contributed by atoms with Crippen LogP contribution in [0.4, 0.5) is 11.4 Å². The summed E-state index contributed by atoms with van der Waals surface area (Å²) in [6, 6.07) is 7.54. The van der Waals surface area contributed by atoms with E-state index < -0.39 is 0 Å². The fourth-order valence-corrected chi connectivity index (χ4v) is 1.96. The first-order valence-electron chi connectivity index (χ1n) is 6.25. The molecule has 0 radical (unpaired) electrons. The predicted molar refractivity (Wildman–Crippen MR) is 77.9 cm³/mol. The number of nitrogens with one attached hydrogen (secondary N) is 1. The number of nitrogens with two attached hydrogens (primary N) is 2. The fraction of sp³-hybridized carbons (Fsp3) is 0.286. The smallest absolute Gasteiger partial charge is 0.102 e. The van der Waals surface area contributed by atoms with Crippen LogP contribution >= 0.6 is 0 Å². The molecule has 0 saturated heterocycles. The van der Waals surface area contributed by atoms with Gasteiger partial charge in [-0.3, -0.25) is 5.01 Å². The van der Waals surface area contributed by atoms with Gasteiger partial charge in [0.1, 0.15) is 6.67 Å². The molecule has 0 aliphatic heterocycles. The molecule has 0 spiro atoms. The lowest BCUT2D eigenvalue weighted by Gasteiger charge is -2.23. The molecule has 5 nitrogen and oxygen atoms in total. The highest BCUT2D eigenvalue weighted by atomic mass is 16.5. The Bertz CT molecular complexity index is 496. The first-order chi connectivity index (χ1) is 9.20. The zero-order valence-electron chi connectivity index (χ0n) is 11.1. The largest absolute Gasteiger partial charge is 0.501 e. The molecule has 0 atom stereocenters. The first-order valence-corrected chi connectivity index (χ1v) is 6.25. The maximum atomic E-state index is 5.99. The highest BCUT2D eigenvalue weighted by molar-refractivity contribution is 5.66. The van der Waals surface area contributed by atoms with Crippen LogP contribution in [0.5, 0.6) is 0 Å². The van der Waals surface area contributed by atoms with Crippen molar-refractivity contribution in [1.29, 1.82) is 0 Å². The Hall–Kier alpha value is -2.14. The summed E-state index contributed by atoms with van der Waals surface area (Å²) in [4.78, 5) is 0. The number of allylic oxidation sites excluding steroid dienone is 4. The number of methoxy groups -OCH3 is 1. The van der Waals surface area contributed by atoms with Crippen molar-refractivity contribution in [2.75, 3.05) is 24.5 Å².